The molecule has 2 atom stereocenters. The number of nitrogens with zero attached hydrogens (tertiary/aromatic N) is 2. The summed E-state index contributed by atoms with van der Waals surface area (Å²) in [6.07, 6.45) is 1.31. The number of urea groups is 1. The summed E-state index contributed by atoms with van der Waals surface area (Å²) in [4.78, 5) is 46.9. The van der Waals surface area contributed by atoms with Crippen LogP contribution in [0.2, 0.25) is 0 Å². The normalized spacial score (nSPS) is 18.3. The number of imide groups is 1. The number of amides is 4. The fourth-order valence-electron chi connectivity index (χ4n) is 5.78. The molecule has 40 heavy (non-hydrogen) atoms. The molecule has 2 N–H and O–H groups in total. The Morgan fingerprint density at radius 3 is 2.45 bits per heavy atom. The van der Waals surface area contributed by atoms with E-state index in [1.54, 1.807) is 36.3 Å². The van der Waals surface area contributed by atoms with E-state index in [1.807, 2.05) is 42.5 Å². The summed E-state index contributed by atoms with van der Waals surface area (Å²) in [5, 5.41) is 3.98. The predicted molar refractivity (Wildman–Crippen MR) is 154 cm³/mol. The lowest BCUT2D eigenvalue weighted by Crippen LogP contribution is -2.44. The molecule has 4 aromatic rings. The van der Waals surface area contributed by atoms with Crippen molar-refractivity contribution in [3.05, 3.63) is 95.2 Å². The summed E-state index contributed by atoms with van der Waals surface area (Å²) in [7, 11) is 1.61. The molecule has 0 radical (unpaired) electrons. The van der Waals surface area contributed by atoms with Crippen molar-refractivity contribution in [1.82, 2.24) is 15.2 Å². The van der Waals surface area contributed by atoms with Gasteiger partial charge in [-0.3, -0.25) is 14.5 Å². The van der Waals surface area contributed by atoms with Crippen LogP contribution in [0.4, 0.5) is 10.5 Å². The third-order valence-electron chi connectivity index (χ3n) is 7.88. The minimum Gasteiger partial charge on any atom is -0.497 e. The van der Waals surface area contributed by atoms with Gasteiger partial charge in [-0.1, -0.05) is 44.2 Å². The predicted octanol–water partition coefficient (Wildman–Crippen LogP) is 5.44. The summed E-state index contributed by atoms with van der Waals surface area (Å²) in [5.74, 6) is 0.767. The first-order valence-corrected chi connectivity index (χ1v) is 13.6. The number of aromatic amines is 1. The number of carbonyl (C=O) groups excluding carboxylic acids is 3. The molecule has 1 saturated heterocycles. The average Bonchev–Trinajstić information content (AvgIpc) is 3.46. The number of rotatable bonds is 7. The van der Waals surface area contributed by atoms with Crippen LogP contribution < -0.4 is 15.0 Å². The molecule has 3 aromatic carbocycles. The van der Waals surface area contributed by atoms with Crippen LogP contribution in [-0.4, -0.2) is 47.4 Å². The van der Waals surface area contributed by atoms with Gasteiger partial charge in [0.15, 0.2) is 0 Å². The number of anilines is 1. The van der Waals surface area contributed by atoms with Gasteiger partial charge in [0.1, 0.15) is 17.8 Å². The Balaban J connectivity index is 1.35. The number of hydrogen-bond acceptors (Lipinski definition) is 4. The Kier molecular flexibility index (Phi) is 6.54. The van der Waals surface area contributed by atoms with Crippen LogP contribution in [0.3, 0.4) is 0 Å². The monoisotopic (exact) mass is 536 g/mol. The van der Waals surface area contributed by atoms with Crippen molar-refractivity contribution in [2.75, 3.05) is 18.6 Å². The highest BCUT2D eigenvalue weighted by Gasteiger charge is 2.53. The fraction of sp³-hybridized carbons (Fsp3) is 0.281. The zero-order valence-corrected chi connectivity index (χ0v) is 22.8. The third kappa shape index (κ3) is 4.29. The number of carbonyl (C=O) groups is 3. The molecular weight excluding hydrogens is 504 g/mol. The van der Waals surface area contributed by atoms with Crippen molar-refractivity contribution in [3.63, 3.8) is 0 Å². The van der Waals surface area contributed by atoms with Gasteiger partial charge in [0.2, 0.25) is 0 Å². The minimum atomic E-state index is -0.648. The van der Waals surface area contributed by atoms with Gasteiger partial charge in [-0.25, -0.2) is 9.69 Å². The van der Waals surface area contributed by atoms with Crippen LogP contribution in [0.25, 0.3) is 10.9 Å². The molecule has 1 aromatic heterocycles. The van der Waals surface area contributed by atoms with E-state index in [1.165, 1.54) is 4.90 Å². The van der Waals surface area contributed by atoms with E-state index in [0.29, 0.717) is 35.9 Å². The van der Waals surface area contributed by atoms with Crippen molar-refractivity contribution in [1.29, 1.82) is 0 Å². The van der Waals surface area contributed by atoms with E-state index >= 15 is 0 Å². The number of hydrogen-bond donors (Lipinski definition) is 2. The quantitative estimate of drug-likeness (QED) is 0.308. The van der Waals surface area contributed by atoms with Gasteiger partial charge in [-0.2, -0.15) is 0 Å². The first-order valence-electron chi connectivity index (χ1n) is 13.6. The Bertz CT molecular complexity index is 1590. The minimum absolute atomic E-state index is 0.173. The molecule has 2 aliphatic heterocycles. The molecule has 0 bridgehead atoms. The van der Waals surface area contributed by atoms with E-state index < -0.39 is 12.1 Å². The molecule has 1 fully saturated rings. The van der Waals surface area contributed by atoms with Crippen LogP contribution >= 0.6 is 0 Å². The second-order valence-corrected chi connectivity index (χ2v) is 10.8. The van der Waals surface area contributed by atoms with E-state index in [-0.39, 0.29) is 17.8 Å². The summed E-state index contributed by atoms with van der Waals surface area (Å²) in [6, 6.07) is 20.8. The maximum absolute atomic E-state index is 14.0. The van der Waals surface area contributed by atoms with Crippen LogP contribution in [0.15, 0.2) is 72.8 Å². The number of nitrogens with one attached hydrogen (secondary N) is 2. The summed E-state index contributed by atoms with van der Waals surface area (Å²) in [6.45, 7) is 4.81. The molecule has 0 aliphatic carbocycles. The topological polar surface area (TPSA) is 94.7 Å². The van der Waals surface area contributed by atoms with E-state index in [2.05, 4.69) is 30.2 Å². The van der Waals surface area contributed by atoms with Crippen molar-refractivity contribution >= 4 is 34.4 Å². The number of H-pyrrole nitrogens is 1. The SMILES string of the molecule is COc1ccc(C2c3[nH]c4ccccc4c3C[C@H]3C(=O)N(c4ccc(C(=O)NCCC(C)C)cc4)C(=O)N23)cc1. The molecular formula is C32H32N4O4. The Hall–Kier alpha value is -4.59. The Labute approximate surface area is 232 Å². The number of ether oxygens (including phenoxy) is 1. The Morgan fingerprint density at radius 2 is 1.75 bits per heavy atom. The van der Waals surface area contributed by atoms with Gasteiger partial charge in [0.25, 0.3) is 11.8 Å². The highest BCUT2D eigenvalue weighted by atomic mass is 16.5. The summed E-state index contributed by atoms with van der Waals surface area (Å²) >= 11 is 0. The Morgan fingerprint density at radius 1 is 1.02 bits per heavy atom. The zero-order chi connectivity index (χ0) is 28.0. The molecule has 204 valence electrons. The standard InChI is InChI=1S/C32H32N4O4/c1-19(2)16-17-33-30(37)21-8-12-22(13-9-21)35-31(38)27-18-25-24-6-4-5-7-26(24)34-28(25)29(36(27)32(35)39)20-10-14-23(40-3)15-11-20/h4-15,19,27,29,34H,16-18H2,1-3H3,(H,33,37)/t27-,29?/m0/s1. The van der Waals surface area contributed by atoms with E-state index in [0.717, 1.165) is 34.1 Å². The molecule has 4 amide bonds. The largest absolute Gasteiger partial charge is 0.497 e. The first-order chi connectivity index (χ1) is 19.4. The van der Waals surface area contributed by atoms with E-state index in [4.69, 9.17) is 4.74 Å². The molecule has 1 unspecified atom stereocenters. The number of benzene rings is 3. The fourth-order valence-corrected chi connectivity index (χ4v) is 5.78. The lowest BCUT2D eigenvalue weighted by molar-refractivity contribution is -0.120. The van der Waals surface area contributed by atoms with Gasteiger partial charge in [0.05, 0.1) is 12.8 Å². The van der Waals surface area contributed by atoms with Gasteiger partial charge < -0.3 is 15.0 Å². The molecule has 6 rings (SSSR count). The molecule has 2 aliphatic rings. The highest BCUT2D eigenvalue weighted by molar-refractivity contribution is 6.22. The average molecular weight is 537 g/mol. The van der Waals surface area contributed by atoms with Crippen molar-refractivity contribution < 1.29 is 19.1 Å². The molecule has 0 saturated carbocycles. The van der Waals surface area contributed by atoms with Crippen LogP contribution in [0.1, 0.15) is 53.5 Å². The van der Waals surface area contributed by atoms with Crippen molar-refractivity contribution in [2.45, 2.75) is 38.8 Å². The molecule has 3 heterocycles. The summed E-state index contributed by atoms with van der Waals surface area (Å²) in [5.41, 5.74) is 4.76. The number of aromatic nitrogens is 1. The van der Waals surface area contributed by atoms with Gasteiger partial charge in [0, 0.05) is 35.1 Å². The highest BCUT2D eigenvalue weighted by Crippen LogP contribution is 2.45. The van der Waals surface area contributed by atoms with Gasteiger partial charge in [-0.05, 0) is 65.9 Å². The zero-order valence-electron chi connectivity index (χ0n) is 22.8. The van der Waals surface area contributed by atoms with E-state index in [9.17, 15) is 14.4 Å². The third-order valence-corrected chi connectivity index (χ3v) is 7.88. The molecule has 8 nitrogen and oxygen atoms in total. The molecule has 8 heteroatoms. The lowest BCUT2D eigenvalue weighted by atomic mass is 9.89. The van der Waals surface area contributed by atoms with Crippen LogP contribution in [0, 0.1) is 5.92 Å². The number of para-hydroxylation sites is 1. The summed E-state index contributed by atoms with van der Waals surface area (Å²) < 4.78 is 5.35. The van der Waals surface area contributed by atoms with Crippen LogP contribution in [-0.2, 0) is 11.2 Å². The maximum atomic E-state index is 14.0. The number of methoxy groups -OCH3 is 1. The second-order valence-electron chi connectivity index (χ2n) is 10.8. The lowest BCUT2D eigenvalue weighted by Gasteiger charge is -2.36. The van der Waals surface area contributed by atoms with Gasteiger partial charge >= 0.3 is 6.03 Å². The second kappa shape index (κ2) is 10.2. The first kappa shape index (κ1) is 25.7. The maximum Gasteiger partial charge on any atom is 0.332 e. The van der Waals surface area contributed by atoms with Gasteiger partial charge in [-0.15, -0.1) is 0 Å². The van der Waals surface area contributed by atoms with Crippen molar-refractivity contribution in [2.24, 2.45) is 5.92 Å². The smallest absolute Gasteiger partial charge is 0.332 e. The van der Waals surface area contributed by atoms with Crippen LogP contribution in [0.5, 0.6) is 5.75 Å². The molecule has 0 spiro atoms. The number of fused-ring (bicyclic) bond motifs is 4. The van der Waals surface area contributed by atoms with Crippen molar-refractivity contribution in [3.8, 4) is 5.75 Å².